The highest BCUT2D eigenvalue weighted by Crippen LogP contribution is 2.11. The summed E-state index contributed by atoms with van der Waals surface area (Å²) in [6.07, 6.45) is 4.01. The highest BCUT2D eigenvalue weighted by molar-refractivity contribution is 5.46. The molecule has 0 fully saturated rings. The zero-order chi connectivity index (χ0) is 12.7. The number of aryl methyl sites for hydroxylation is 1. The monoisotopic (exact) mass is 231 g/mol. The Labute approximate surface area is 102 Å². The molecule has 1 aromatic carbocycles. The van der Waals surface area contributed by atoms with Crippen molar-refractivity contribution in [3.05, 3.63) is 48.5 Å². The van der Waals surface area contributed by atoms with Gasteiger partial charge < -0.3 is 10.0 Å². The molecule has 1 aromatic heterocycles. The fourth-order valence-electron chi connectivity index (χ4n) is 1.20. The molecule has 4 nitrogen and oxygen atoms in total. The van der Waals surface area contributed by atoms with E-state index in [-0.39, 0.29) is 5.75 Å². The number of hydrogen-bond acceptors (Lipinski definition) is 4. The van der Waals surface area contributed by atoms with Gasteiger partial charge in [0.2, 0.25) is 0 Å². The number of anilines is 1. The van der Waals surface area contributed by atoms with Crippen LogP contribution >= 0.6 is 0 Å². The van der Waals surface area contributed by atoms with E-state index < -0.39 is 0 Å². The van der Waals surface area contributed by atoms with Crippen molar-refractivity contribution in [2.45, 2.75) is 6.92 Å². The third-order valence-electron chi connectivity index (χ3n) is 2.06. The van der Waals surface area contributed by atoms with Crippen molar-refractivity contribution in [1.82, 2.24) is 9.97 Å². The van der Waals surface area contributed by atoms with Crippen LogP contribution in [0.25, 0.3) is 0 Å². The van der Waals surface area contributed by atoms with Crippen LogP contribution < -0.4 is 4.90 Å². The first kappa shape index (κ1) is 13.0. The number of nitrogens with zero attached hydrogens (tertiary/aromatic N) is 3. The molecule has 0 unspecified atom stereocenters. The topological polar surface area (TPSA) is 49.2 Å². The van der Waals surface area contributed by atoms with Gasteiger partial charge >= 0.3 is 0 Å². The number of rotatable bonds is 1. The van der Waals surface area contributed by atoms with Crippen molar-refractivity contribution in [2.24, 2.45) is 0 Å². The lowest BCUT2D eigenvalue weighted by Crippen LogP contribution is -2.08. The average molecular weight is 231 g/mol. The largest absolute Gasteiger partial charge is 0.505 e. The Kier molecular flexibility index (Phi) is 4.94. The van der Waals surface area contributed by atoms with E-state index in [1.807, 2.05) is 0 Å². The third kappa shape index (κ3) is 4.97. The summed E-state index contributed by atoms with van der Waals surface area (Å²) in [7, 11) is 4.10. The molecule has 0 atom stereocenters. The molecule has 0 saturated heterocycles. The Morgan fingerprint density at radius 3 is 2.12 bits per heavy atom. The summed E-state index contributed by atoms with van der Waals surface area (Å²) in [5.74, 6) is 0.0995. The van der Waals surface area contributed by atoms with Crippen LogP contribution in [0, 0.1) is 6.92 Å². The Morgan fingerprint density at radius 2 is 1.76 bits per heavy atom. The second-order valence-corrected chi connectivity index (χ2v) is 3.83. The van der Waals surface area contributed by atoms with Crippen molar-refractivity contribution < 1.29 is 5.11 Å². The van der Waals surface area contributed by atoms with Gasteiger partial charge in [-0.1, -0.05) is 12.1 Å². The molecule has 0 radical (unpaired) electrons. The minimum Gasteiger partial charge on any atom is -0.505 e. The SMILES string of the molecule is Cc1cccc(N(C)C)c1.Oc1cncnc1. The lowest BCUT2D eigenvalue weighted by Gasteiger charge is -2.11. The van der Waals surface area contributed by atoms with Crippen molar-refractivity contribution in [1.29, 1.82) is 0 Å². The zero-order valence-electron chi connectivity index (χ0n) is 10.3. The molecule has 0 amide bonds. The molecule has 0 aliphatic carbocycles. The zero-order valence-corrected chi connectivity index (χ0v) is 10.3. The van der Waals surface area contributed by atoms with Crippen molar-refractivity contribution in [3.63, 3.8) is 0 Å². The van der Waals surface area contributed by atoms with E-state index in [2.05, 4.69) is 60.2 Å². The first-order valence-corrected chi connectivity index (χ1v) is 5.27. The standard InChI is InChI=1S/C9H13N.C4H4N2O/c1-8-5-4-6-9(7-8)10(2)3;7-4-1-5-3-6-2-4/h4-7H,1-3H3;1-3,7H. The first-order chi connectivity index (χ1) is 8.09. The van der Waals surface area contributed by atoms with Crippen LogP contribution in [0.15, 0.2) is 43.0 Å². The van der Waals surface area contributed by atoms with Crippen molar-refractivity contribution >= 4 is 5.69 Å². The summed E-state index contributed by atoms with van der Waals surface area (Å²) in [5, 5.41) is 8.51. The normalized spacial score (nSPS) is 9.12. The minimum atomic E-state index is 0.0995. The summed E-state index contributed by atoms with van der Waals surface area (Å²) in [6.45, 7) is 2.10. The Bertz CT molecular complexity index is 443. The van der Waals surface area contributed by atoms with Gasteiger partial charge in [0.25, 0.3) is 0 Å². The summed E-state index contributed by atoms with van der Waals surface area (Å²) in [5.41, 5.74) is 2.58. The van der Waals surface area contributed by atoms with Crippen molar-refractivity contribution in [2.75, 3.05) is 19.0 Å². The molecule has 0 saturated carbocycles. The van der Waals surface area contributed by atoms with E-state index in [9.17, 15) is 0 Å². The molecule has 0 spiro atoms. The van der Waals surface area contributed by atoms with E-state index in [1.54, 1.807) is 0 Å². The maximum absolute atomic E-state index is 8.51. The van der Waals surface area contributed by atoms with Gasteiger partial charge in [-0.2, -0.15) is 0 Å². The molecule has 2 aromatic rings. The summed E-state index contributed by atoms with van der Waals surface area (Å²) in [6, 6.07) is 8.45. The first-order valence-electron chi connectivity index (χ1n) is 5.27. The Morgan fingerprint density at radius 1 is 1.12 bits per heavy atom. The van der Waals surface area contributed by atoms with Crippen LogP contribution in [-0.2, 0) is 0 Å². The van der Waals surface area contributed by atoms with E-state index in [1.165, 1.54) is 30.0 Å². The van der Waals surface area contributed by atoms with Gasteiger partial charge in [0.1, 0.15) is 6.33 Å². The summed E-state index contributed by atoms with van der Waals surface area (Å²) < 4.78 is 0. The van der Waals surface area contributed by atoms with Crippen LogP contribution in [0.3, 0.4) is 0 Å². The number of aromatic hydroxyl groups is 1. The smallest absolute Gasteiger partial charge is 0.152 e. The lowest BCUT2D eigenvalue weighted by atomic mass is 10.2. The Hall–Kier alpha value is -2.10. The van der Waals surface area contributed by atoms with Gasteiger partial charge in [-0.05, 0) is 24.6 Å². The minimum absolute atomic E-state index is 0.0995. The average Bonchev–Trinajstić information content (AvgIpc) is 2.31. The van der Waals surface area contributed by atoms with Gasteiger partial charge in [-0.15, -0.1) is 0 Å². The Balaban J connectivity index is 0.000000181. The van der Waals surface area contributed by atoms with E-state index in [0.717, 1.165) is 0 Å². The molecule has 0 bridgehead atoms. The molecule has 17 heavy (non-hydrogen) atoms. The molecule has 2 rings (SSSR count). The molecule has 4 heteroatoms. The third-order valence-corrected chi connectivity index (χ3v) is 2.06. The van der Waals surface area contributed by atoms with Gasteiger partial charge in [-0.3, -0.25) is 0 Å². The molecular weight excluding hydrogens is 214 g/mol. The predicted molar refractivity (Wildman–Crippen MR) is 69.2 cm³/mol. The van der Waals surface area contributed by atoms with Crippen LogP contribution in [0.5, 0.6) is 5.75 Å². The molecule has 0 aliphatic rings. The number of aromatic nitrogens is 2. The van der Waals surface area contributed by atoms with E-state index >= 15 is 0 Å². The summed E-state index contributed by atoms with van der Waals surface area (Å²) in [4.78, 5) is 9.15. The predicted octanol–water partition coefficient (Wildman–Crippen LogP) is 2.24. The van der Waals surface area contributed by atoms with Crippen molar-refractivity contribution in [3.8, 4) is 5.75 Å². The van der Waals surface area contributed by atoms with Gasteiger partial charge in [0.15, 0.2) is 5.75 Å². The van der Waals surface area contributed by atoms with E-state index in [4.69, 9.17) is 5.11 Å². The molecule has 1 N–H and O–H groups in total. The second kappa shape index (κ2) is 6.48. The fraction of sp³-hybridized carbons (Fsp3) is 0.231. The number of benzene rings is 1. The quantitative estimate of drug-likeness (QED) is 0.817. The van der Waals surface area contributed by atoms with Crippen LogP contribution in [-0.4, -0.2) is 29.2 Å². The second-order valence-electron chi connectivity index (χ2n) is 3.83. The number of hydrogen-bond donors (Lipinski definition) is 1. The molecule has 0 aliphatic heterocycles. The molecule has 1 heterocycles. The van der Waals surface area contributed by atoms with Gasteiger partial charge in [0, 0.05) is 19.8 Å². The lowest BCUT2D eigenvalue weighted by molar-refractivity contribution is 0.469. The van der Waals surface area contributed by atoms with Gasteiger partial charge in [-0.25, -0.2) is 9.97 Å². The molecular formula is C13H17N3O. The van der Waals surface area contributed by atoms with E-state index in [0.29, 0.717) is 0 Å². The van der Waals surface area contributed by atoms with Gasteiger partial charge in [0.05, 0.1) is 12.4 Å². The van der Waals surface area contributed by atoms with Crippen LogP contribution in [0.1, 0.15) is 5.56 Å². The maximum atomic E-state index is 8.51. The highest BCUT2D eigenvalue weighted by Gasteiger charge is 1.91. The van der Waals surface area contributed by atoms with Crippen LogP contribution in [0.4, 0.5) is 5.69 Å². The maximum Gasteiger partial charge on any atom is 0.152 e. The molecule has 90 valence electrons. The van der Waals surface area contributed by atoms with Crippen LogP contribution in [0.2, 0.25) is 0 Å². The fourth-order valence-corrected chi connectivity index (χ4v) is 1.20. The highest BCUT2D eigenvalue weighted by atomic mass is 16.3. The summed E-state index contributed by atoms with van der Waals surface area (Å²) >= 11 is 0.